The molecule has 1 aromatic heterocycles. The summed E-state index contributed by atoms with van der Waals surface area (Å²) in [4.78, 5) is 11.7. The van der Waals surface area contributed by atoms with Crippen molar-refractivity contribution in [1.29, 1.82) is 0 Å². The Morgan fingerprint density at radius 3 is 3.06 bits per heavy atom. The van der Waals surface area contributed by atoms with Gasteiger partial charge in [-0.2, -0.15) is 5.10 Å². The molecule has 1 heterocycles. The molecule has 1 saturated carbocycles. The molecule has 2 rings (SSSR count). The fourth-order valence-electron chi connectivity index (χ4n) is 2.15. The summed E-state index contributed by atoms with van der Waals surface area (Å²) in [5.41, 5.74) is 0. The third-order valence-corrected chi connectivity index (χ3v) is 3.10. The number of anilines is 1. The molecule has 6 nitrogen and oxygen atoms in total. The van der Waals surface area contributed by atoms with Crippen molar-refractivity contribution in [2.24, 2.45) is 0 Å². The highest BCUT2D eigenvalue weighted by atomic mass is 16.5. The average molecular weight is 252 g/mol. The number of carbonyl (C=O) groups is 1. The summed E-state index contributed by atoms with van der Waals surface area (Å²) in [6.07, 6.45) is 6.39. The number of rotatable bonds is 5. The zero-order chi connectivity index (χ0) is 12.8. The van der Waals surface area contributed by atoms with E-state index in [1.165, 1.54) is 12.8 Å². The van der Waals surface area contributed by atoms with Crippen LogP contribution in [0.15, 0.2) is 12.3 Å². The Labute approximate surface area is 107 Å². The summed E-state index contributed by atoms with van der Waals surface area (Å²) in [5.74, 6) is 0.571. The Balaban J connectivity index is 1.77. The van der Waals surface area contributed by atoms with Crippen molar-refractivity contribution < 1.29 is 9.53 Å². The standard InChI is InChI=1S/C12H20N4O2/c1-18-9-8-16-7-6-11(15-16)14-12(17)13-10-4-2-3-5-10/h6-7,10H,2-5,8-9H2,1H3,(H2,13,14,15,17). The van der Waals surface area contributed by atoms with Crippen molar-refractivity contribution in [2.75, 3.05) is 19.0 Å². The molecule has 1 aliphatic carbocycles. The van der Waals surface area contributed by atoms with E-state index in [2.05, 4.69) is 15.7 Å². The van der Waals surface area contributed by atoms with Crippen LogP contribution in [0.3, 0.4) is 0 Å². The van der Waals surface area contributed by atoms with Crippen LogP contribution >= 0.6 is 0 Å². The Kier molecular flexibility index (Phi) is 4.58. The zero-order valence-electron chi connectivity index (χ0n) is 10.7. The number of nitrogens with zero attached hydrogens (tertiary/aromatic N) is 2. The van der Waals surface area contributed by atoms with E-state index in [1.54, 1.807) is 17.9 Å². The minimum atomic E-state index is -0.168. The molecule has 100 valence electrons. The molecule has 2 amide bonds. The second-order valence-electron chi connectivity index (χ2n) is 4.54. The van der Waals surface area contributed by atoms with Gasteiger partial charge in [-0.3, -0.25) is 10.00 Å². The first-order valence-corrected chi connectivity index (χ1v) is 6.38. The first-order chi connectivity index (χ1) is 8.78. The van der Waals surface area contributed by atoms with Gasteiger partial charge in [0.05, 0.1) is 13.2 Å². The fraction of sp³-hybridized carbons (Fsp3) is 0.667. The van der Waals surface area contributed by atoms with Gasteiger partial charge in [-0.15, -0.1) is 0 Å². The van der Waals surface area contributed by atoms with Gasteiger partial charge in [0.2, 0.25) is 0 Å². The van der Waals surface area contributed by atoms with Crippen LogP contribution in [0.25, 0.3) is 0 Å². The molecule has 1 fully saturated rings. The van der Waals surface area contributed by atoms with Crippen molar-refractivity contribution in [3.63, 3.8) is 0 Å². The van der Waals surface area contributed by atoms with Crippen LogP contribution in [0.5, 0.6) is 0 Å². The molecular formula is C12H20N4O2. The summed E-state index contributed by atoms with van der Waals surface area (Å²) in [6, 6.07) is 1.93. The Morgan fingerprint density at radius 1 is 1.56 bits per heavy atom. The van der Waals surface area contributed by atoms with Gasteiger partial charge < -0.3 is 10.1 Å². The third-order valence-electron chi connectivity index (χ3n) is 3.10. The van der Waals surface area contributed by atoms with Gasteiger partial charge in [0.1, 0.15) is 0 Å². The van der Waals surface area contributed by atoms with Crippen molar-refractivity contribution in [1.82, 2.24) is 15.1 Å². The lowest BCUT2D eigenvalue weighted by molar-refractivity contribution is 0.183. The van der Waals surface area contributed by atoms with E-state index in [0.29, 0.717) is 25.0 Å². The van der Waals surface area contributed by atoms with E-state index in [0.717, 1.165) is 12.8 Å². The SMILES string of the molecule is COCCn1ccc(NC(=O)NC2CCCC2)n1. The summed E-state index contributed by atoms with van der Waals surface area (Å²) in [7, 11) is 1.65. The van der Waals surface area contributed by atoms with Gasteiger partial charge >= 0.3 is 6.03 Å². The van der Waals surface area contributed by atoms with Gasteiger partial charge in [0, 0.05) is 25.4 Å². The number of amides is 2. The molecule has 0 aromatic carbocycles. The lowest BCUT2D eigenvalue weighted by Gasteiger charge is -2.11. The van der Waals surface area contributed by atoms with Gasteiger partial charge in [0.25, 0.3) is 0 Å². The number of methoxy groups -OCH3 is 1. The van der Waals surface area contributed by atoms with Crippen molar-refractivity contribution >= 4 is 11.8 Å². The molecule has 18 heavy (non-hydrogen) atoms. The van der Waals surface area contributed by atoms with E-state index in [-0.39, 0.29) is 6.03 Å². The minimum Gasteiger partial charge on any atom is -0.383 e. The third kappa shape index (κ3) is 3.73. The zero-order valence-corrected chi connectivity index (χ0v) is 10.7. The van der Waals surface area contributed by atoms with Crippen LogP contribution in [0, 0.1) is 0 Å². The molecule has 0 bridgehead atoms. The highest BCUT2D eigenvalue weighted by molar-refractivity contribution is 5.88. The molecule has 0 radical (unpaired) electrons. The van der Waals surface area contributed by atoms with Gasteiger partial charge in [-0.25, -0.2) is 4.79 Å². The number of carbonyl (C=O) groups excluding carboxylic acids is 1. The van der Waals surface area contributed by atoms with Crippen molar-refractivity contribution in [3.05, 3.63) is 12.3 Å². The van der Waals surface area contributed by atoms with Crippen LogP contribution in [0.2, 0.25) is 0 Å². The maximum atomic E-state index is 11.7. The molecule has 1 aromatic rings. The van der Waals surface area contributed by atoms with Crippen LogP contribution in [-0.2, 0) is 11.3 Å². The minimum absolute atomic E-state index is 0.168. The summed E-state index contributed by atoms with van der Waals surface area (Å²) in [5, 5.41) is 9.93. The number of urea groups is 1. The van der Waals surface area contributed by atoms with E-state index in [9.17, 15) is 4.79 Å². The van der Waals surface area contributed by atoms with E-state index >= 15 is 0 Å². The molecule has 2 N–H and O–H groups in total. The average Bonchev–Trinajstić information content (AvgIpc) is 2.98. The summed E-state index contributed by atoms with van der Waals surface area (Å²) in [6.45, 7) is 1.29. The lowest BCUT2D eigenvalue weighted by Crippen LogP contribution is -2.36. The number of ether oxygens (including phenoxy) is 1. The fourth-order valence-corrected chi connectivity index (χ4v) is 2.15. The topological polar surface area (TPSA) is 68.2 Å². The molecule has 0 saturated heterocycles. The van der Waals surface area contributed by atoms with Crippen LogP contribution < -0.4 is 10.6 Å². The van der Waals surface area contributed by atoms with Crippen LogP contribution in [-0.4, -0.2) is 35.6 Å². The van der Waals surface area contributed by atoms with E-state index in [4.69, 9.17) is 4.74 Å². The predicted molar refractivity (Wildman–Crippen MR) is 68.5 cm³/mol. The maximum absolute atomic E-state index is 11.7. The Morgan fingerprint density at radius 2 is 2.33 bits per heavy atom. The predicted octanol–water partition coefficient (Wildman–Crippen LogP) is 1.59. The van der Waals surface area contributed by atoms with Crippen molar-refractivity contribution in [2.45, 2.75) is 38.3 Å². The number of hydrogen-bond acceptors (Lipinski definition) is 3. The normalized spacial score (nSPS) is 15.8. The van der Waals surface area contributed by atoms with Crippen molar-refractivity contribution in [3.8, 4) is 0 Å². The monoisotopic (exact) mass is 252 g/mol. The van der Waals surface area contributed by atoms with Crippen LogP contribution in [0.4, 0.5) is 10.6 Å². The maximum Gasteiger partial charge on any atom is 0.320 e. The second-order valence-corrected chi connectivity index (χ2v) is 4.54. The summed E-state index contributed by atoms with van der Waals surface area (Å²) < 4.78 is 6.71. The smallest absolute Gasteiger partial charge is 0.320 e. The lowest BCUT2D eigenvalue weighted by atomic mass is 10.3. The molecule has 6 heteroatoms. The molecule has 1 aliphatic rings. The highest BCUT2D eigenvalue weighted by Gasteiger charge is 2.17. The molecule has 0 spiro atoms. The molecule has 0 unspecified atom stereocenters. The first kappa shape index (κ1) is 12.9. The first-order valence-electron chi connectivity index (χ1n) is 6.38. The summed E-state index contributed by atoms with van der Waals surface area (Å²) >= 11 is 0. The quantitative estimate of drug-likeness (QED) is 0.836. The number of nitrogens with one attached hydrogen (secondary N) is 2. The second kappa shape index (κ2) is 6.39. The van der Waals surface area contributed by atoms with Gasteiger partial charge in [0.15, 0.2) is 5.82 Å². The van der Waals surface area contributed by atoms with E-state index < -0.39 is 0 Å². The van der Waals surface area contributed by atoms with Crippen LogP contribution in [0.1, 0.15) is 25.7 Å². The van der Waals surface area contributed by atoms with Gasteiger partial charge in [-0.1, -0.05) is 12.8 Å². The largest absolute Gasteiger partial charge is 0.383 e. The molecular weight excluding hydrogens is 232 g/mol. The molecule has 0 atom stereocenters. The Hall–Kier alpha value is -1.56. The van der Waals surface area contributed by atoms with Gasteiger partial charge in [-0.05, 0) is 12.8 Å². The highest BCUT2D eigenvalue weighted by Crippen LogP contribution is 2.17. The molecule has 0 aliphatic heterocycles. The number of aromatic nitrogens is 2. The number of hydrogen-bond donors (Lipinski definition) is 2. The Bertz CT molecular complexity index is 385. The van der Waals surface area contributed by atoms with E-state index in [1.807, 2.05) is 6.20 Å².